The van der Waals surface area contributed by atoms with Crippen LogP contribution in [-0.4, -0.2) is 25.2 Å². The third kappa shape index (κ3) is 2.90. The Morgan fingerprint density at radius 3 is 2.82 bits per heavy atom. The minimum Gasteiger partial charge on any atom is -0.386 e. The SMILES string of the molecule is CC(C)(O)c1ccnc(-c2ccc3nc(C4=CC=C5C=CN=C5C4)cn3c2)c1. The second-order valence-corrected chi connectivity index (χ2v) is 7.68. The average molecular weight is 368 g/mol. The topological polar surface area (TPSA) is 62.8 Å². The molecule has 3 aromatic rings. The molecule has 0 saturated carbocycles. The molecule has 5 rings (SSSR count). The van der Waals surface area contributed by atoms with Gasteiger partial charge >= 0.3 is 0 Å². The second-order valence-electron chi connectivity index (χ2n) is 7.68. The number of fused-ring (bicyclic) bond motifs is 2. The first kappa shape index (κ1) is 16.8. The van der Waals surface area contributed by atoms with Gasteiger partial charge in [-0.1, -0.05) is 12.2 Å². The van der Waals surface area contributed by atoms with Crippen LogP contribution in [0.3, 0.4) is 0 Å². The molecule has 0 spiro atoms. The molecule has 1 aliphatic carbocycles. The third-order valence-corrected chi connectivity index (χ3v) is 5.18. The van der Waals surface area contributed by atoms with Crippen molar-refractivity contribution >= 4 is 16.9 Å². The highest BCUT2D eigenvalue weighted by Gasteiger charge is 2.19. The lowest BCUT2D eigenvalue weighted by Gasteiger charge is -2.18. The monoisotopic (exact) mass is 368 g/mol. The summed E-state index contributed by atoms with van der Waals surface area (Å²) in [7, 11) is 0. The molecule has 28 heavy (non-hydrogen) atoms. The van der Waals surface area contributed by atoms with Gasteiger partial charge in [0, 0.05) is 36.8 Å². The molecule has 2 aliphatic rings. The van der Waals surface area contributed by atoms with Gasteiger partial charge in [0.1, 0.15) is 5.65 Å². The second kappa shape index (κ2) is 6.11. The fourth-order valence-electron chi connectivity index (χ4n) is 3.55. The summed E-state index contributed by atoms with van der Waals surface area (Å²) in [6.45, 7) is 3.55. The van der Waals surface area contributed by atoms with Crippen LogP contribution >= 0.6 is 0 Å². The van der Waals surface area contributed by atoms with Crippen molar-refractivity contribution in [3.05, 3.63) is 84.1 Å². The fourth-order valence-corrected chi connectivity index (χ4v) is 3.55. The van der Waals surface area contributed by atoms with Crippen molar-refractivity contribution in [3.63, 3.8) is 0 Å². The zero-order valence-electron chi connectivity index (χ0n) is 15.8. The predicted octanol–water partition coefficient (Wildman–Crippen LogP) is 4.31. The van der Waals surface area contributed by atoms with Gasteiger partial charge in [0.05, 0.1) is 22.7 Å². The molecule has 0 atom stereocenters. The number of rotatable bonds is 3. The van der Waals surface area contributed by atoms with E-state index in [0.717, 1.165) is 40.3 Å². The van der Waals surface area contributed by atoms with E-state index in [1.165, 1.54) is 11.1 Å². The van der Waals surface area contributed by atoms with Crippen LogP contribution in [0.25, 0.3) is 22.5 Å². The lowest BCUT2D eigenvalue weighted by atomic mass is 9.95. The predicted molar refractivity (Wildman–Crippen MR) is 111 cm³/mol. The highest BCUT2D eigenvalue weighted by Crippen LogP contribution is 2.29. The highest BCUT2D eigenvalue weighted by atomic mass is 16.3. The number of nitrogens with zero attached hydrogens (tertiary/aromatic N) is 4. The Morgan fingerprint density at radius 2 is 1.96 bits per heavy atom. The average Bonchev–Trinajstić information content (AvgIpc) is 3.32. The zero-order chi connectivity index (χ0) is 19.3. The lowest BCUT2D eigenvalue weighted by Crippen LogP contribution is -2.15. The molecule has 0 saturated heterocycles. The molecule has 5 heteroatoms. The van der Waals surface area contributed by atoms with Gasteiger partial charge in [-0.3, -0.25) is 9.98 Å². The molecule has 1 N–H and O–H groups in total. The number of pyridine rings is 2. The lowest BCUT2D eigenvalue weighted by molar-refractivity contribution is 0.0785. The van der Waals surface area contributed by atoms with Crippen LogP contribution in [0, 0.1) is 0 Å². The minimum absolute atomic E-state index is 0.796. The molecule has 0 aromatic carbocycles. The van der Waals surface area contributed by atoms with E-state index in [9.17, 15) is 5.11 Å². The van der Waals surface area contributed by atoms with E-state index >= 15 is 0 Å². The minimum atomic E-state index is -0.901. The van der Waals surface area contributed by atoms with E-state index in [4.69, 9.17) is 4.98 Å². The van der Waals surface area contributed by atoms with Crippen molar-refractivity contribution < 1.29 is 5.11 Å². The van der Waals surface area contributed by atoms with Gasteiger partial charge in [-0.15, -0.1) is 0 Å². The Bertz CT molecular complexity index is 1220. The van der Waals surface area contributed by atoms with Gasteiger partial charge in [-0.25, -0.2) is 4.98 Å². The summed E-state index contributed by atoms with van der Waals surface area (Å²) in [5, 5.41) is 10.3. The molecule has 0 bridgehead atoms. The number of imidazole rings is 1. The van der Waals surface area contributed by atoms with Crippen LogP contribution in [0.1, 0.15) is 31.5 Å². The van der Waals surface area contributed by atoms with Crippen molar-refractivity contribution in [1.82, 2.24) is 14.4 Å². The van der Waals surface area contributed by atoms with Crippen molar-refractivity contribution in [2.24, 2.45) is 4.99 Å². The van der Waals surface area contributed by atoms with Gasteiger partial charge in [0.2, 0.25) is 0 Å². The van der Waals surface area contributed by atoms with E-state index in [1.807, 2.05) is 53.3 Å². The fraction of sp³-hybridized carbons (Fsp3) is 0.174. The van der Waals surface area contributed by atoms with Crippen LogP contribution in [0.5, 0.6) is 0 Å². The van der Waals surface area contributed by atoms with Crippen LogP contribution in [0.15, 0.2) is 77.8 Å². The normalized spacial score (nSPS) is 16.0. The summed E-state index contributed by atoms with van der Waals surface area (Å²) >= 11 is 0. The Labute approximate surface area is 163 Å². The van der Waals surface area contributed by atoms with Crippen LogP contribution < -0.4 is 0 Å². The molecule has 0 amide bonds. The molecule has 0 fully saturated rings. The first-order chi connectivity index (χ1) is 13.5. The Balaban J connectivity index is 1.51. The molecular formula is C23H20N4O. The van der Waals surface area contributed by atoms with E-state index in [-0.39, 0.29) is 0 Å². The molecule has 4 heterocycles. The van der Waals surface area contributed by atoms with Crippen molar-refractivity contribution in [1.29, 1.82) is 0 Å². The summed E-state index contributed by atoms with van der Waals surface area (Å²) < 4.78 is 2.03. The van der Waals surface area contributed by atoms with Gasteiger partial charge in [-0.2, -0.15) is 0 Å². The summed E-state index contributed by atoms with van der Waals surface area (Å²) in [6, 6.07) is 7.78. The summed E-state index contributed by atoms with van der Waals surface area (Å²) in [5.74, 6) is 0. The molecule has 3 aromatic heterocycles. The zero-order valence-corrected chi connectivity index (χ0v) is 15.8. The van der Waals surface area contributed by atoms with Gasteiger partial charge in [-0.05, 0) is 60.9 Å². The van der Waals surface area contributed by atoms with E-state index in [2.05, 4.69) is 22.1 Å². The molecule has 5 nitrogen and oxygen atoms in total. The number of aromatic nitrogens is 3. The first-order valence-electron chi connectivity index (χ1n) is 9.30. The van der Waals surface area contributed by atoms with E-state index < -0.39 is 5.60 Å². The van der Waals surface area contributed by atoms with Crippen LogP contribution in [0.2, 0.25) is 0 Å². The van der Waals surface area contributed by atoms with E-state index in [0.29, 0.717) is 0 Å². The van der Waals surface area contributed by atoms with Crippen LogP contribution in [-0.2, 0) is 5.60 Å². The third-order valence-electron chi connectivity index (χ3n) is 5.18. The Kier molecular flexibility index (Phi) is 3.67. The molecule has 0 radical (unpaired) electrons. The number of hydrogen-bond donors (Lipinski definition) is 1. The Hall–Kier alpha value is -3.31. The quantitative estimate of drug-likeness (QED) is 0.749. The number of allylic oxidation sites excluding steroid dienone is 5. The maximum absolute atomic E-state index is 10.3. The van der Waals surface area contributed by atoms with E-state index in [1.54, 1.807) is 20.0 Å². The van der Waals surface area contributed by atoms with Crippen molar-refractivity contribution in [2.75, 3.05) is 0 Å². The molecule has 1 aliphatic heterocycles. The van der Waals surface area contributed by atoms with Crippen LogP contribution in [0.4, 0.5) is 0 Å². The van der Waals surface area contributed by atoms with Crippen molar-refractivity contribution in [2.45, 2.75) is 25.9 Å². The molecule has 0 unspecified atom stereocenters. The summed E-state index contributed by atoms with van der Waals surface area (Å²) in [5.41, 5.74) is 7.04. The van der Waals surface area contributed by atoms with Crippen molar-refractivity contribution in [3.8, 4) is 11.3 Å². The van der Waals surface area contributed by atoms with Gasteiger partial charge < -0.3 is 9.51 Å². The standard InChI is InChI=1S/C23H20N4O/c1-23(2,28)18-8-10-25-20(12-18)17-5-6-22-26-21(14-27(22)13-17)16-4-3-15-7-9-24-19(15)11-16/h3-10,12-14,28H,11H2,1-2H3. The highest BCUT2D eigenvalue weighted by molar-refractivity contribution is 6.11. The van der Waals surface area contributed by atoms with Gasteiger partial charge in [0.15, 0.2) is 0 Å². The largest absolute Gasteiger partial charge is 0.386 e. The molecular weight excluding hydrogens is 348 g/mol. The molecule has 138 valence electrons. The maximum Gasteiger partial charge on any atom is 0.137 e. The first-order valence-corrected chi connectivity index (χ1v) is 9.30. The maximum atomic E-state index is 10.3. The number of hydrogen-bond acceptors (Lipinski definition) is 4. The summed E-state index contributed by atoms with van der Waals surface area (Å²) in [6.07, 6.45) is 14.7. The Morgan fingerprint density at radius 1 is 1.07 bits per heavy atom. The van der Waals surface area contributed by atoms with Gasteiger partial charge in [0.25, 0.3) is 0 Å². The summed E-state index contributed by atoms with van der Waals surface area (Å²) in [4.78, 5) is 13.7. The number of aliphatic imine (C=N–C) groups is 1. The smallest absolute Gasteiger partial charge is 0.137 e. The number of aliphatic hydroxyl groups is 1.